The summed E-state index contributed by atoms with van der Waals surface area (Å²) in [5.74, 6) is 1.31. The third kappa shape index (κ3) is 4.81. The normalized spacial score (nSPS) is 10.8. The van der Waals surface area contributed by atoms with Gasteiger partial charge in [0.05, 0.1) is 18.1 Å². The molecule has 1 aromatic heterocycles. The largest absolute Gasteiger partial charge is 0.497 e. The molecule has 0 saturated heterocycles. The minimum Gasteiger partial charge on any atom is -0.497 e. The smallest absolute Gasteiger partial charge is 0.220 e. The van der Waals surface area contributed by atoms with E-state index in [1.807, 2.05) is 24.3 Å². The summed E-state index contributed by atoms with van der Waals surface area (Å²) in [4.78, 5) is 19.4. The topological polar surface area (TPSA) is 67.0 Å². The Morgan fingerprint density at radius 3 is 2.77 bits per heavy atom. The minimum atomic E-state index is -0.294. The number of aryl methyl sites for hydroxylation is 1. The minimum absolute atomic E-state index is 0.0284. The van der Waals surface area contributed by atoms with Crippen molar-refractivity contribution in [1.82, 2.24) is 15.3 Å². The highest BCUT2D eigenvalue weighted by molar-refractivity contribution is 5.76. The number of aromatic amines is 1. The Morgan fingerprint density at radius 1 is 1.19 bits per heavy atom. The number of benzene rings is 2. The molecule has 3 rings (SSSR count). The second-order valence-corrected chi connectivity index (χ2v) is 6.15. The summed E-state index contributed by atoms with van der Waals surface area (Å²) in [6.07, 6.45) is 2.71. The van der Waals surface area contributed by atoms with Crippen molar-refractivity contribution in [2.45, 2.75) is 25.7 Å². The van der Waals surface area contributed by atoms with Crippen molar-refractivity contribution in [1.29, 1.82) is 0 Å². The van der Waals surface area contributed by atoms with Gasteiger partial charge in [-0.25, -0.2) is 9.37 Å². The number of nitrogens with zero attached hydrogens (tertiary/aromatic N) is 1. The van der Waals surface area contributed by atoms with E-state index in [1.54, 1.807) is 13.2 Å². The van der Waals surface area contributed by atoms with Crippen LogP contribution in [0.2, 0.25) is 0 Å². The van der Waals surface area contributed by atoms with Gasteiger partial charge in [-0.15, -0.1) is 0 Å². The quantitative estimate of drug-likeness (QED) is 0.651. The van der Waals surface area contributed by atoms with Crippen LogP contribution in [-0.4, -0.2) is 29.5 Å². The molecule has 1 heterocycles. The SMILES string of the molecule is COc1ccc(CCCC(=O)NCCc2nc3ccc(F)cc3[nH]2)cc1. The van der Waals surface area contributed by atoms with E-state index in [2.05, 4.69) is 15.3 Å². The fourth-order valence-corrected chi connectivity index (χ4v) is 2.81. The fraction of sp³-hybridized carbons (Fsp3) is 0.300. The number of ether oxygens (including phenoxy) is 1. The second kappa shape index (κ2) is 8.47. The highest BCUT2D eigenvalue weighted by Gasteiger charge is 2.06. The van der Waals surface area contributed by atoms with Gasteiger partial charge in [0.2, 0.25) is 5.91 Å². The van der Waals surface area contributed by atoms with Gasteiger partial charge in [-0.1, -0.05) is 12.1 Å². The maximum atomic E-state index is 13.2. The van der Waals surface area contributed by atoms with E-state index in [1.165, 1.54) is 17.7 Å². The molecule has 136 valence electrons. The van der Waals surface area contributed by atoms with Gasteiger partial charge in [-0.3, -0.25) is 4.79 Å². The predicted molar refractivity (Wildman–Crippen MR) is 98.7 cm³/mol. The number of rotatable bonds is 8. The second-order valence-electron chi connectivity index (χ2n) is 6.15. The van der Waals surface area contributed by atoms with Crippen molar-refractivity contribution in [2.24, 2.45) is 0 Å². The van der Waals surface area contributed by atoms with Crippen molar-refractivity contribution in [3.8, 4) is 5.75 Å². The Kier molecular flexibility index (Phi) is 5.84. The van der Waals surface area contributed by atoms with E-state index >= 15 is 0 Å². The Bertz CT molecular complexity index is 874. The number of aromatic nitrogens is 2. The maximum absolute atomic E-state index is 13.2. The summed E-state index contributed by atoms with van der Waals surface area (Å²) in [6.45, 7) is 0.504. The summed E-state index contributed by atoms with van der Waals surface area (Å²) in [6, 6.07) is 12.3. The van der Waals surface area contributed by atoms with Gasteiger partial charge in [0.1, 0.15) is 17.4 Å². The fourth-order valence-electron chi connectivity index (χ4n) is 2.81. The number of H-pyrrole nitrogens is 1. The van der Waals surface area contributed by atoms with Crippen LogP contribution in [0.1, 0.15) is 24.2 Å². The van der Waals surface area contributed by atoms with Crippen LogP contribution in [-0.2, 0) is 17.6 Å². The van der Waals surface area contributed by atoms with Gasteiger partial charge < -0.3 is 15.0 Å². The lowest BCUT2D eigenvalue weighted by atomic mass is 10.1. The van der Waals surface area contributed by atoms with E-state index in [0.29, 0.717) is 24.9 Å². The molecular weight excluding hydrogens is 333 g/mol. The van der Waals surface area contributed by atoms with E-state index in [4.69, 9.17) is 4.74 Å². The molecule has 0 aliphatic carbocycles. The molecule has 3 aromatic rings. The number of hydrogen-bond acceptors (Lipinski definition) is 3. The van der Waals surface area contributed by atoms with Crippen LogP contribution in [0.15, 0.2) is 42.5 Å². The number of carbonyl (C=O) groups excluding carboxylic acids is 1. The van der Waals surface area contributed by atoms with Crippen LogP contribution >= 0.6 is 0 Å². The standard InChI is InChI=1S/C20H22FN3O2/c1-26-16-8-5-14(6-9-16)3-2-4-20(25)22-12-11-19-23-17-10-7-15(21)13-18(17)24-19/h5-10,13H,2-4,11-12H2,1H3,(H,22,25)(H,23,24). The average Bonchev–Trinajstić information content (AvgIpc) is 3.04. The molecule has 0 radical (unpaired) electrons. The van der Waals surface area contributed by atoms with Gasteiger partial charge in [0.15, 0.2) is 0 Å². The Hall–Kier alpha value is -2.89. The third-order valence-corrected chi connectivity index (χ3v) is 4.21. The number of carbonyl (C=O) groups is 1. The maximum Gasteiger partial charge on any atom is 0.220 e. The van der Waals surface area contributed by atoms with Crippen LogP contribution in [0.5, 0.6) is 5.75 Å². The molecule has 0 bridgehead atoms. The highest BCUT2D eigenvalue weighted by atomic mass is 19.1. The van der Waals surface area contributed by atoms with E-state index < -0.39 is 0 Å². The number of methoxy groups -OCH3 is 1. The van der Waals surface area contributed by atoms with Crippen molar-refractivity contribution in [2.75, 3.05) is 13.7 Å². The summed E-state index contributed by atoms with van der Waals surface area (Å²) >= 11 is 0. The number of hydrogen-bond donors (Lipinski definition) is 2. The zero-order valence-corrected chi connectivity index (χ0v) is 14.7. The summed E-state index contributed by atoms with van der Waals surface area (Å²) in [7, 11) is 1.64. The van der Waals surface area contributed by atoms with Gasteiger partial charge >= 0.3 is 0 Å². The molecule has 0 unspecified atom stereocenters. The first-order chi connectivity index (χ1) is 12.6. The number of nitrogens with one attached hydrogen (secondary N) is 2. The molecule has 26 heavy (non-hydrogen) atoms. The average molecular weight is 355 g/mol. The predicted octanol–water partition coefficient (Wildman–Crippen LogP) is 3.39. The van der Waals surface area contributed by atoms with Crippen molar-refractivity contribution < 1.29 is 13.9 Å². The molecule has 6 heteroatoms. The highest BCUT2D eigenvalue weighted by Crippen LogP contribution is 2.14. The van der Waals surface area contributed by atoms with Gasteiger partial charge in [-0.2, -0.15) is 0 Å². The van der Waals surface area contributed by atoms with Crippen molar-refractivity contribution >= 4 is 16.9 Å². The summed E-state index contributed by atoms with van der Waals surface area (Å²) in [5.41, 5.74) is 2.59. The molecule has 2 aromatic carbocycles. The van der Waals surface area contributed by atoms with Crippen LogP contribution < -0.4 is 10.1 Å². The Balaban J connectivity index is 1.38. The molecule has 5 nitrogen and oxygen atoms in total. The van der Waals surface area contributed by atoms with Crippen molar-refractivity contribution in [3.05, 3.63) is 59.7 Å². The molecule has 2 N–H and O–H groups in total. The zero-order valence-electron chi connectivity index (χ0n) is 14.7. The number of imidazole rings is 1. The molecule has 0 aliphatic heterocycles. The molecule has 1 amide bonds. The Morgan fingerprint density at radius 2 is 2.00 bits per heavy atom. The third-order valence-electron chi connectivity index (χ3n) is 4.21. The summed E-state index contributed by atoms with van der Waals surface area (Å²) in [5, 5.41) is 2.90. The molecule has 0 spiro atoms. The van der Waals surface area contributed by atoms with E-state index in [9.17, 15) is 9.18 Å². The van der Waals surface area contributed by atoms with Gasteiger partial charge in [0, 0.05) is 19.4 Å². The first-order valence-electron chi connectivity index (χ1n) is 8.68. The lowest BCUT2D eigenvalue weighted by molar-refractivity contribution is -0.121. The summed E-state index contributed by atoms with van der Waals surface area (Å²) < 4.78 is 18.3. The number of fused-ring (bicyclic) bond motifs is 1. The van der Waals surface area contributed by atoms with Crippen LogP contribution in [0.25, 0.3) is 11.0 Å². The first-order valence-corrected chi connectivity index (χ1v) is 8.68. The lowest BCUT2D eigenvalue weighted by Crippen LogP contribution is -2.25. The van der Waals surface area contributed by atoms with Gasteiger partial charge in [-0.05, 0) is 48.7 Å². The lowest BCUT2D eigenvalue weighted by Gasteiger charge is -2.05. The van der Waals surface area contributed by atoms with Crippen molar-refractivity contribution in [3.63, 3.8) is 0 Å². The van der Waals surface area contributed by atoms with Gasteiger partial charge in [0.25, 0.3) is 0 Å². The van der Waals surface area contributed by atoms with E-state index in [0.717, 1.165) is 29.9 Å². The van der Waals surface area contributed by atoms with Crippen LogP contribution in [0.4, 0.5) is 4.39 Å². The monoisotopic (exact) mass is 355 g/mol. The van der Waals surface area contributed by atoms with Crippen LogP contribution in [0, 0.1) is 5.82 Å². The molecule has 0 fully saturated rings. The first kappa shape index (κ1) is 17.9. The number of halogens is 1. The molecule has 0 atom stereocenters. The van der Waals surface area contributed by atoms with Crippen LogP contribution in [0.3, 0.4) is 0 Å². The molecule has 0 saturated carbocycles. The number of amides is 1. The zero-order chi connectivity index (χ0) is 18.4. The Labute approximate surface area is 151 Å². The molecule has 0 aliphatic rings. The van der Waals surface area contributed by atoms with E-state index in [-0.39, 0.29) is 11.7 Å². The molecular formula is C20H22FN3O2.